The summed E-state index contributed by atoms with van der Waals surface area (Å²) in [4.78, 5) is 12.7. The molecule has 2 aromatic rings. The Morgan fingerprint density at radius 3 is 2.72 bits per heavy atom. The summed E-state index contributed by atoms with van der Waals surface area (Å²) in [5.41, 5.74) is 2.64. The third kappa shape index (κ3) is 4.12. The van der Waals surface area contributed by atoms with Crippen LogP contribution in [0.1, 0.15) is 41.8 Å². The molecular weight excluding hydrogens is 384 g/mol. The Labute approximate surface area is 156 Å². The number of halogens is 1. The van der Waals surface area contributed by atoms with Gasteiger partial charge in [0.2, 0.25) is 5.91 Å². The summed E-state index contributed by atoms with van der Waals surface area (Å²) in [7, 11) is 0. The standard InChI is InChI=1S/C19H23BrN2O3/c1-13-17(14(2)25-22-13)6-7-18(23)21-19(8-10-24-11-9-19)15-4-3-5-16(20)12-15/h3-5,12H,6-11H2,1-2H3,(H,21,23). The summed E-state index contributed by atoms with van der Waals surface area (Å²) in [6.07, 6.45) is 2.61. The monoisotopic (exact) mass is 406 g/mol. The largest absolute Gasteiger partial charge is 0.381 e. The molecule has 1 aromatic heterocycles. The number of benzene rings is 1. The number of amides is 1. The minimum Gasteiger partial charge on any atom is -0.381 e. The number of hydrogen-bond donors (Lipinski definition) is 1. The molecule has 134 valence electrons. The van der Waals surface area contributed by atoms with Crippen molar-refractivity contribution in [1.29, 1.82) is 0 Å². The maximum Gasteiger partial charge on any atom is 0.221 e. The topological polar surface area (TPSA) is 64.4 Å². The second-order valence-electron chi connectivity index (χ2n) is 6.56. The van der Waals surface area contributed by atoms with Crippen LogP contribution in [0.5, 0.6) is 0 Å². The molecule has 6 heteroatoms. The lowest BCUT2D eigenvalue weighted by molar-refractivity contribution is -0.124. The van der Waals surface area contributed by atoms with Crippen LogP contribution >= 0.6 is 15.9 Å². The Bertz CT molecular complexity index is 731. The fourth-order valence-electron chi connectivity index (χ4n) is 3.42. The van der Waals surface area contributed by atoms with Crippen molar-refractivity contribution < 1.29 is 14.1 Å². The van der Waals surface area contributed by atoms with Gasteiger partial charge in [-0.25, -0.2) is 0 Å². The van der Waals surface area contributed by atoms with Crippen LogP contribution in [-0.2, 0) is 21.5 Å². The lowest BCUT2D eigenvalue weighted by atomic mass is 9.82. The van der Waals surface area contributed by atoms with Crippen LogP contribution in [0, 0.1) is 13.8 Å². The van der Waals surface area contributed by atoms with Crippen molar-refractivity contribution in [3.63, 3.8) is 0 Å². The Kier molecular flexibility index (Phi) is 5.59. The molecule has 0 spiro atoms. The molecule has 0 radical (unpaired) electrons. The van der Waals surface area contributed by atoms with Gasteiger partial charge in [0.05, 0.1) is 11.2 Å². The fourth-order valence-corrected chi connectivity index (χ4v) is 3.82. The molecule has 1 saturated heterocycles. The van der Waals surface area contributed by atoms with E-state index in [0.29, 0.717) is 26.1 Å². The minimum absolute atomic E-state index is 0.0434. The molecule has 25 heavy (non-hydrogen) atoms. The van der Waals surface area contributed by atoms with Gasteiger partial charge < -0.3 is 14.6 Å². The predicted molar refractivity (Wildman–Crippen MR) is 98.3 cm³/mol. The van der Waals surface area contributed by atoms with E-state index in [1.807, 2.05) is 26.0 Å². The van der Waals surface area contributed by atoms with Crippen molar-refractivity contribution in [2.24, 2.45) is 0 Å². The van der Waals surface area contributed by atoms with Gasteiger partial charge in [0, 0.05) is 29.7 Å². The highest BCUT2D eigenvalue weighted by Crippen LogP contribution is 2.33. The van der Waals surface area contributed by atoms with Crippen LogP contribution in [0.15, 0.2) is 33.3 Å². The zero-order valence-electron chi connectivity index (χ0n) is 14.6. The van der Waals surface area contributed by atoms with Crippen LogP contribution in [0.2, 0.25) is 0 Å². The van der Waals surface area contributed by atoms with Crippen molar-refractivity contribution >= 4 is 21.8 Å². The normalized spacial score (nSPS) is 16.6. The average molecular weight is 407 g/mol. The third-order valence-electron chi connectivity index (χ3n) is 4.89. The van der Waals surface area contributed by atoms with Crippen LogP contribution in [0.25, 0.3) is 0 Å². The lowest BCUT2D eigenvalue weighted by Crippen LogP contribution is -2.49. The quantitative estimate of drug-likeness (QED) is 0.819. The fraction of sp³-hybridized carbons (Fsp3) is 0.474. The number of carbonyl (C=O) groups excluding carboxylic acids is 1. The lowest BCUT2D eigenvalue weighted by Gasteiger charge is -2.38. The maximum atomic E-state index is 12.7. The summed E-state index contributed by atoms with van der Waals surface area (Å²) < 4.78 is 11.7. The number of hydrogen-bond acceptors (Lipinski definition) is 4. The molecule has 1 amide bonds. The number of nitrogens with zero attached hydrogens (tertiary/aromatic N) is 1. The molecule has 0 saturated carbocycles. The second kappa shape index (κ2) is 7.70. The molecule has 5 nitrogen and oxygen atoms in total. The van der Waals surface area contributed by atoms with E-state index in [0.717, 1.165) is 39.9 Å². The Hall–Kier alpha value is -1.66. The van der Waals surface area contributed by atoms with Gasteiger partial charge in [0.15, 0.2) is 0 Å². The van der Waals surface area contributed by atoms with E-state index >= 15 is 0 Å². The van der Waals surface area contributed by atoms with E-state index < -0.39 is 0 Å². The predicted octanol–water partition coefficient (Wildman–Crippen LogP) is 3.81. The number of carbonyl (C=O) groups is 1. The van der Waals surface area contributed by atoms with Gasteiger partial charge in [0.1, 0.15) is 5.76 Å². The molecule has 2 heterocycles. The zero-order valence-corrected chi connectivity index (χ0v) is 16.2. The number of rotatable bonds is 5. The number of nitrogens with one attached hydrogen (secondary N) is 1. The van der Waals surface area contributed by atoms with Crippen molar-refractivity contribution in [2.75, 3.05) is 13.2 Å². The van der Waals surface area contributed by atoms with E-state index in [2.05, 4.69) is 38.5 Å². The molecule has 0 unspecified atom stereocenters. The van der Waals surface area contributed by atoms with E-state index in [1.165, 1.54) is 0 Å². The van der Waals surface area contributed by atoms with E-state index in [-0.39, 0.29) is 11.4 Å². The summed E-state index contributed by atoms with van der Waals surface area (Å²) in [5.74, 6) is 0.833. The molecule has 1 aromatic carbocycles. The number of ether oxygens (including phenoxy) is 1. The first-order valence-corrected chi connectivity index (χ1v) is 9.36. The van der Waals surface area contributed by atoms with E-state index in [9.17, 15) is 4.79 Å². The van der Waals surface area contributed by atoms with Crippen LogP contribution in [0.3, 0.4) is 0 Å². The van der Waals surface area contributed by atoms with Gasteiger partial charge >= 0.3 is 0 Å². The zero-order chi connectivity index (χ0) is 17.9. The van der Waals surface area contributed by atoms with E-state index in [4.69, 9.17) is 9.26 Å². The molecule has 1 fully saturated rings. The van der Waals surface area contributed by atoms with Gasteiger partial charge in [0.25, 0.3) is 0 Å². The van der Waals surface area contributed by atoms with Gasteiger partial charge in [-0.3, -0.25) is 4.79 Å². The number of aryl methyl sites for hydroxylation is 2. The molecule has 1 N–H and O–H groups in total. The summed E-state index contributed by atoms with van der Waals surface area (Å²) in [5, 5.41) is 7.24. The average Bonchev–Trinajstić information content (AvgIpc) is 2.92. The van der Waals surface area contributed by atoms with E-state index in [1.54, 1.807) is 0 Å². The van der Waals surface area contributed by atoms with Crippen molar-refractivity contribution in [1.82, 2.24) is 10.5 Å². The highest BCUT2D eigenvalue weighted by molar-refractivity contribution is 9.10. The molecular formula is C19H23BrN2O3. The molecule has 3 rings (SSSR count). The van der Waals surface area contributed by atoms with Crippen molar-refractivity contribution in [2.45, 2.75) is 45.1 Å². The first kappa shape index (κ1) is 18.1. The molecule has 0 aliphatic carbocycles. The highest BCUT2D eigenvalue weighted by atomic mass is 79.9. The molecule has 0 bridgehead atoms. The Morgan fingerprint density at radius 1 is 1.32 bits per heavy atom. The van der Waals surface area contributed by atoms with Gasteiger partial charge in [-0.1, -0.05) is 33.2 Å². The van der Waals surface area contributed by atoms with Gasteiger partial charge in [-0.2, -0.15) is 0 Å². The van der Waals surface area contributed by atoms with Crippen molar-refractivity contribution in [3.8, 4) is 0 Å². The van der Waals surface area contributed by atoms with Crippen molar-refractivity contribution in [3.05, 3.63) is 51.3 Å². The Balaban J connectivity index is 1.73. The summed E-state index contributed by atoms with van der Waals surface area (Å²) in [6, 6.07) is 8.16. The van der Waals surface area contributed by atoms with Crippen LogP contribution in [0.4, 0.5) is 0 Å². The molecule has 0 atom stereocenters. The first-order valence-electron chi connectivity index (χ1n) is 8.57. The number of aromatic nitrogens is 1. The van der Waals surface area contributed by atoms with Gasteiger partial charge in [-0.15, -0.1) is 0 Å². The molecule has 1 aliphatic rings. The van der Waals surface area contributed by atoms with Crippen LogP contribution in [-0.4, -0.2) is 24.3 Å². The minimum atomic E-state index is -0.363. The maximum absolute atomic E-state index is 12.7. The SMILES string of the molecule is Cc1noc(C)c1CCC(=O)NC1(c2cccc(Br)c2)CCOCC1. The smallest absolute Gasteiger partial charge is 0.221 e. The molecule has 1 aliphatic heterocycles. The third-order valence-corrected chi connectivity index (χ3v) is 5.38. The summed E-state index contributed by atoms with van der Waals surface area (Å²) >= 11 is 3.53. The van der Waals surface area contributed by atoms with Gasteiger partial charge in [-0.05, 0) is 50.8 Å². The highest BCUT2D eigenvalue weighted by Gasteiger charge is 2.36. The first-order chi connectivity index (χ1) is 12.0. The van der Waals surface area contributed by atoms with Crippen LogP contribution < -0.4 is 5.32 Å². The Morgan fingerprint density at radius 2 is 2.08 bits per heavy atom. The second-order valence-corrected chi connectivity index (χ2v) is 7.47. The summed E-state index contributed by atoms with van der Waals surface area (Å²) in [6.45, 7) is 5.09.